The van der Waals surface area contributed by atoms with Crippen LogP contribution in [0.3, 0.4) is 0 Å². The van der Waals surface area contributed by atoms with Gasteiger partial charge in [-0.1, -0.05) is 23.7 Å². The van der Waals surface area contributed by atoms with Gasteiger partial charge in [0, 0.05) is 26.2 Å². The van der Waals surface area contributed by atoms with E-state index in [4.69, 9.17) is 43.8 Å². The fourth-order valence-corrected chi connectivity index (χ4v) is 4.37. The predicted octanol–water partition coefficient (Wildman–Crippen LogP) is -3.81. The van der Waals surface area contributed by atoms with Crippen LogP contribution in [0.2, 0.25) is 5.15 Å². The number of hydrogen-bond donors (Lipinski definition) is 12. The molecule has 18 nitrogen and oxygen atoms in total. The molecule has 0 radical (unpaired) electrons. The fraction of sp³-hybridized carbons (Fsp3) is 0.571. The maximum Gasteiger partial charge on any atom is 0.280 e. The summed E-state index contributed by atoms with van der Waals surface area (Å²) in [4.78, 5) is 25.4. The number of anilines is 2. The van der Waals surface area contributed by atoms with Crippen molar-refractivity contribution in [2.75, 3.05) is 57.5 Å². The third-order valence-corrected chi connectivity index (χ3v) is 7.24. The molecule has 1 aromatic heterocycles. The van der Waals surface area contributed by atoms with Crippen LogP contribution in [-0.4, -0.2) is 150 Å². The van der Waals surface area contributed by atoms with Crippen molar-refractivity contribution in [3.05, 3.63) is 40.7 Å². The molecule has 0 aliphatic heterocycles. The summed E-state index contributed by atoms with van der Waals surface area (Å²) in [5.41, 5.74) is 17.7. The molecule has 0 spiro atoms. The standard InChI is InChI=1S/C28H45ClN8O10/c29-24-26(31)35-25(30)21(34-24)27(46)36-28(32)33-8-2-1-3-15-4-6-16(7-5-15)47-10-9-37(11-17(40)22(44)19(42)13-38)12-18(41)23(45)20(43)14-39/h4-7,17-20,22-23,38-45H,1-3,8-14H2,(H4,30,31,35)(H3,32,33,36,46). The number of carbonyl (C=O) groups is 1. The highest BCUT2D eigenvalue weighted by Gasteiger charge is 2.30. The topological polar surface area (TPSA) is 320 Å². The average molecular weight is 689 g/mol. The number of aliphatic imine (C=N–C) groups is 1. The Bertz CT molecular complexity index is 1250. The zero-order valence-electron chi connectivity index (χ0n) is 25.6. The van der Waals surface area contributed by atoms with Crippen LogP contribution < -0.4 is 27.3 Å². The first-order chi connectivity index (χ1) is 22.3. The molecule has 0 aliphatic carbocycles. The number of halogens is 1. The van der Waals surface area contributed by atoms with Gasteiger partial charge in [0.15, 0.2) is 28.4 Å². The van der Waals surface area contributed by atoms with E-state index < -0.39 is 55.7 Å². The van der Waals surface area contributed by atoms with Crippen LogP contribution in [-0.2, 0) is 6.42 Å². The van der Waals surface area contributed by atoms with Gasteiger partial charge in [-0.05, 0) is 37.0 Å². The Morgan fingerprint density at radius 3 is 2.02 bits per heavy atom. The largest absolute Gasteiger partial charge is 0.492 e. The number of aryl methyl sites for hydroxylation is 1. The summed E-state index contributed by atoms with van der Waals surface area (Å²) in [6.07, 6.45) is -7.42. The van der Waals surface area contributed by atoms with Gasteiger partial charge in [-0.25, -0.2) is 9.97 Å². The van der Waals surface area contributed by atoms with E-state index in [0.29, 0.717) is 18.7 Å². The summed E-state index contributed by atoms with van der Waals surface area (Å²) in [5.74, 6) is -0.617. The van der Waals surface area contributed by atoms with Crippen LogP contribution in [0.1, 0.15) is 28.9 Å². The molecule has 19 heteroatoms. The van der Waals surface area contributed by atoms with E-state index in [9.17, 15) is 35.4 Å². The van der Waals surface area contributed by atoms with E-state index in [2.05, 4.69) is 20.3 Å². The van der Waals surface area contributed by atoms with Crippen molar-refractivity contribution in [3.63, 3.8) is 0 Å². The molecule has 47 heavy (non-hydrogen) atoms. The van der Waals surface area contributed by atoms with Crippen LogP contribution in [0, 0.1) is 0 Å². The quantitative estimate of drug-likeness (QED) is 0.0360. The molecule has 1 aromatic carbocycles. The molecule has 2 aromatic rings. The second-order valence-electron chi connectivity index (χ2n) is 10.7. The number of aromatic nitrogens is 2. The highest BCUT2D eigenvalue weighted by molar-refractivity contribution is 6.31. The lowest BCUT2D eigenvalue weighted by Gasteiger charge is -2.32. The number of nitrogens with two attached hydrogens (primary N) is 3. The second-order valence-corrected chi connectivity index (χ2v) is 11.0. The number of guanidine groups is 1. The molecule has 1 amide bonds. The molecule has 1 heterocycles. The number of rotatable bonds is 20. The second kappa shape index (κ2) is 20.1. The van der Waals surface area contributed by atoms with E-state index >= 15 is 0 Å². The van der Waals surface area contributed by atoms with Gasteiger partial charge in [-0.15, -0.1) is 0 Å². The van der Waals surface area contributed by atoms with Crippen molar-refractivity contribution >= 4 is 35.1 Å². The number of nitrogens with zero attached hydrogens (tertiary/aromatic N) is 4. The number of ether oxygens (including phenoxy) is 1. The number of nitrogens with one attached hydrogen (secondary N) is 1. The molecule has 6 unspecified atom stereocenters. The molecule has 0 fully saturated rings. The Kier molecular flexibility index (Phi) is 17.0. The van der Waals surface area contributed by atoms with Crippen molar-refractivity contribution in [1.29, 1.82) is 0 Å². The monoisotopic (exact) mass is 688 g/mol. The zero-order valence-corrected chi connectivity index (χ0v) is 26.4. The Morgan fingerprint density at radius 1 is 0.894 bits per heavy atom. The van der Waals surface area contributed by atoms with Gasteiger partial charge >= 0.3 is 0 Å². The lowest BCUT2D eigenvalue weighted by molar-refractivity contribution is -0.101. The maximum absolute atomic E-state index is 12.3. The lowest BCUT2D eigenvalue weighted by atomic mass is 10.1. The van der Waals surface area contributed by atoms with Gasteiger partial charge < -0.3 is 62.8 Å². The van der Waals surface area contributed by atoms with Crippen LogP contribution in [0.5, 0.6) is 5.75 Å². The van der Waals surface area contributed by atoms with Gasteiger partial charge in [0.05, 0.1) is 25.4 Å². The number of aliphatic hydroxyl groups is 8. The molecule has 15 N–H and O–H groups in total. The highest BCUT2D eigenvalue weighted by atomic mass is 35.5. The molecule has 0 saturated carbocycles. The molecule has 0 aliphatic rings. The number of nitrogen functional groups attached to an aromatic ring is 2. The molecule has 264 valence electrons. The number of aliphatic hydroxyl groups excluding tert-OH is 8. The van der Waals surface area contributed by atoms with E-state index in [1.54, 1.807) is 12.1 Å². The maximum atomic E-state index is 12.3. The zero-order chi connectivity index (χ0) is 35.1. The first kappa shape index (κ1) is 39.7. The van der Waals surface area contributed by atoms with E-state index in [0.717, 1.165) is 18.4 Å². The highest BCUT2D eigenvalue weighted by Crippen LogP contribution is 2.17. The van der Waals surface area contributed by atoms with Gasteiger partial charge in [0.1, 0.15) is 36.8 Å². The van der Waals surface area contributed by atoms with Crippen LogP contribution in [0.4, 0.5) is 11.6 Å². The van der Waals surface area contributed by atoms with Crippen molar-refractivity contribution < 1.29 is 50.4 Å². The minimum atomic E-state index is -1.68. The van der Waals surface area contributed by atoms with Gasteiger partial charge in [0.25, 0.3) is 5.91 Å². The Hall–Kier alpha value is -3.43. The smallest absolute Gasteiger partial charge is 0.280 e. The van der Waals surface area contributed by atoms with Crippen molar-refractivity contribution in [2.45, 2.75) is 55.9 Å². The normalized spacial score (nSPS) is 15.9. The molecule has 2 rings (SSSR count). The van der Waals surface area contributed by atoms with Crippen molar-refractivity contribution in [3.8, 4) is 5.75 Å². The van der Waals surface area contributed by atoms with E-state index in [1.807, 2.05) is 12.1 Å². The average Bonchev–Trinajstić information content (AvgIpc) is 3.05. The number of carbonyl (C=O) groups excluding carboxylic acids is 1. The predicted molar refractivity (Wildman–Crippen MR) is 171 cm³/mol. The van der Waals surface area contributed by atoms with E-state index in [-0.39, 0.29) is 54.7 Å². The molecular weight excluding hydrogens is 644 g/mol. The number of unbranched alkanes of at least 4 members (excludes halogenated alkanes) is 1. The summed E-state index contributed by atoms with van der Waals surface area (Å²) >= 11 is 5.79. The van der Waals surface area contributed by atoms with Crippen LogP contribution >= 0.6 is 11.6 Å². The third kappa shape index (κ3) is 13.3. The Balaban J connectivity index is 1.82. The van der Waals surface area contributed by atoms with Gasteiger partial charge in [0.2, 0.25) is 0 Å². The fourth-order valence-electron chi connectivity index (χ4n) is 4.24. The molecule has 6 atom stereocenters. The van der Waals surface area contributed by atoms with E-state index in [1.165, 1.54) is 4.90 Å². The summed E-state index contributed by atoms with van der Waals surface area (Å²) in [6, 6.07) is 7.27. The summed E-state index contributed by atoms with van der Waals surface area (Å²) in [5, 5.41) is 80.1. The van der Waals surface area contributed by atoms with Gasteiger partial charge in [-0.3, -0.25) is 20.0 Å². The molecule has 0 saturated heterocycles. The molecular formula is C28H45ClN8O10. The number of benzene rings is 1. The van der Waals surface area contributed by atoms with Crippen LogP contribution in [0.15, 0.2) is 29.3 Å². The third-order valence-electron chi connectivity index (χ3n) is 6.96. The number of amides is 1. The van der Waals surface area contributed by atoms with Crippen LogP contribution in [0.25, 0.3) is 0 Å². The summed E-state index contributed by atoms with van der Waals surface area (Å²) < 4.78 is 5.76. The van der Waals surface area contributed by atoms with Crippen molar-refractivity contribution in [1.82, 2.24) is 20.2 Å². The van der Waals surface area contributed by atoms with Crippen molar-refractivity contribution in [2.24, 2.45) is 10.7 Å². The minimum Gasteiger partial charge on any atom is -0.492 e. The first-order valence-corrected chi connectivity index (χ1v) is 15.1. The molecule has 0 bridgehead atoms. The summed E-state index contributed by atoms with van der Waals surface area (Å²) in [6.45, 7) is -1.60. The minimum absolute atomic E-state index is 0.0661. The summed E-state index contributed by atoms with van der Waals surface area (Å²) in [7, 11) is 0. The Morgan fingerprint density at radius 2 is 1.47 bits per heavy atom. The first-order valence-electron chi connectivity index (χ1n) is 14.7. The number of hydrogen-bond acceptors (Lipinski definition) is 16. The SMILES string of the molecule is NC(=NCCCCc1ccc(OCCN(CC(O)C(O)C(O)CO)CC(O)C(O)C(O)CO)cc1)NC(=O)c1nc(Cl)c(N)nc1N. The lowest BCUT2D eigenvalue weighted by Crippen LogP contribution is -2.51. The Labute approximate surface area is 276 Å². The van der Waals surface area contributed by atoms with Gasteiger partial charge in [-0.2, -0.15) is 0 Å².